The molecule has 2 fully saturated rings. The Bertz CT molecular complexity index is 535. The quantitative estimate of drug-likeness (QED) is 0.628. The Kier molecular flexibility index (Phi) is 5.22. The summed E-state index contributed by atoms with van der Waals surface area (Å²) < 4.78 is 11.4. The number of rotatable bonds is 9. The van der Waals surface area contributed by atoms with Crippen molar-refractivity contribution in [1.82, 2.24) is 0 Å². The molecule has 0 amide bonds. The summed E-state index contributed by atoms with van der Waals surface area (Å²) in [5.41, 5.74) is 2.95. The van der Waals surface area contributed by atoms with E-state index in [0.717, 1.165) is 26.1 Å². The number of hydrogen-bond donors (Lipinski definition) is 0. The van der Waals surface area contributed by atoms with Gasteiger partial charge >= 0.3 is 0 Å². The Morgan fingerprint density at radius 3 is 2.38 bits per heavy atom. The Labute approximate surface area is 147 Å². The van der Waals surface area contributed by atoms with Crippen LogP contribution in [0.25, 0.3) is 0 Å². The molecule has 3 rings (SSSR count). The molecule has 3 nitrogen and oxygen atoms in total. The van der Waals surface area contributed by atoms with Gasteiger partial charge in [0.1, 0.15) is 6.10 Å². The molecule has 0 spiro atoms. The summed E-state index contributed by atoms with van der Waals surface area (Å²) >= 11 is 0. The number of ether oxygens (including phenoxy) is 2. The maximum Gasteiger partial charge on any atom is 0.102 e. The molecule has 0 radical (unpaired) electrons. The lowest BCUT2D eigenvalue weighted by Gasteiger charge is -2.27. The lowest BCUT2D eigenvalue weighted by Crippen LogP contribution is -2.32. The van der Waals surface area contributed by atoms with Crippen LogP contribution in [0, 0.1) is 5.92 Å². The maximum absolute atomic E-state index is 5.94. The molecule has 0 saturated carbocycles. The van der Waals surface area contributed by atoms with Crippen LogP contribution in [0.2, 0.25) is 0 Å². The topological polar surface area (TPSA) is 28.3 Å². The first kappa shape index (κ1) is 17.8. The minimum atomic E-state index is 0.240. The van der Waals surface area contributed by atoms with Crippen LogP contribution in [0.1, 0.15) is 53.0 Å². The molecule has 24 heavy (non-hydrogen) atoms. The molecular weight excluding hydrogens is 298 g/mol. The third-order valence-electron chi connectivity index (χ3n) is 5.95. The zero-order chi connectivity index (χ0) is 17.3. The van der Waals surface area contributed by atoms with Crippen molar-refractivity contribution in [2.24, 2.45) is 5.92 Å². The van der Waals surface area contributed by atoms with Gasteiger partial charge in [-0.1, -0.05) is 53.2 Å². The zero-order valence-electron chi connectivity index (χ0n) is 15.9. The van der Waals surface area contributed by atoms with E-state index in [1.54, 1.807) is 0 Å². The molecule has 4 atom stereocenters. The van der Waals surface area contributed by atoms with Gasteiger partial charge < -0.3 is 14.4 Å². The van der Waals surface area contributed by atoms with Gasteiger partial charge in [-0.2, -0.15) is 0 Å². The third kappa shape index (κ3) is 4.12. The lowest BCUT2D eigenvalue weighted by molar-refractivity contribution is 0.320. The summed E-state index contributed by atoms with van der Waals surface area (Å²) in [5.74, 6) is 0.654. The zero-order valence-corrected chi connectivity index (χ0v) is 15.9. The number of nitrogens with zero attached hydrogens (tertiary/aromatic N) is 1. The second-order valence-electron chi connectivity index (χ2n) is 8.17. The van der Waals surface area contributed by atoms with Crippen LogP contribution in [0.4, 0.5) is 5.69 Å². The van der Waals surface area contributed by atoms with Crippen molar-refractivity contribution in [3.05, 3.63) is 29.8 Å². The normalized spacial score (nSPS) is 27.0. The molecule has 1 aromatic rings. The molecule has 0 aliphatic carbocycles. The summed E-state index contributed by atoms with van der Waals surface area (Å²) in [6.45, 7) is 14.3. The molecule has 2 heterocycles. The van der Waals surface area contributed by atoms with Gasteiger partial charge in [-0.25, -0.2) is 0 Å². The maximum atomic E-state index is 5.94. The summed E-state index contributed by atoms with van der Waals surface area (Å²) in [6, 6.07) is 9.13. The van der Waals surface area contributed by atoms with E-state index in [1.807, 2.05) is 0 Å². The average Bonchev–Trinajstić information content (AvgIpc) is 3.50. The highest BCUT2D eigenvalue weighted by Gasteiger charge is 2.43. The monoisotopic (exact) mass is 331 g/mol. The van der Waals surface area contributed by atoms with Crippen LogP contribution in [0.3, 0.4) is 0 Å². The van der Waals surface area contributed by atoms with Crippen LogP contribution in [0.15, 0.2) is 24.3 Å². The average molecular weight is 332 g/mol. The Morgan fingerprint density at radius 1 is 1.17 bits per heavy atom. The Balaban J connectivity index is 1.67. The summed E-state index contributed by atoms with van der Waals surface area (Å²) in [7, 11) is 0. The highest BCUT2D eigenvalue weighted by Crippen LogP contribution is 2.34. The van der Waals surface area contributed by atoms with Crippen LogP contribution in [-0.2, 0) is 14.9 Å². The molecule has 2 saturated heterocycles. The van der Waals surface area contributed by atoms with Gasteiger partial charge in [-0.05, 0) is 35.4 Å². The smallest absolute Gasteiger partial charge is 0.102 e. The number of anilines is 1. The van der Waals surface area contributed by atoms with Crippen molar-refractivity contribution in [3.8, 4) is 0 Å². The molecule has 2 aliphatic rings. The SMILES string of the molecule is CCC(C)C1OC1CN(CC1CO1)c1ccc(C(C)(C)CC)cc1. The van der Waals surface area contributed by atoms with E-state index in [2.05, 4.69) is 63.8 Å². The standard InChI is InChI=1S/C21H33NO2/c1-6-15(3)20-19(24-20)13-22(12-18-14-23-18)17-10-8-16(9-11-17)21(4,5)7-2/h8-11,15,18-20H,6-7,12-14H2,1-5H3. The largest absolute Gasteiger partial charge is 0.371 e. The minimum Gasteiger partial charge on any atom is -0.371 e. The van der Waals surface area contributed by atoms with E-state index in [4.69, 9.17) is 9.47 Å². The second kappa shape index (κ2) is 7.05. The second-order valence-corrected chi connectivity index (χ2v) is 8.17. The first-order valence-corrected chi connectivity index (χ1v) is 9.57. The molecule has 3 heteroatoms. The predicted molar refractivity (Wildman–Crippen MR) is 99.8 cm³/mol. The summed E-state index contributed by atoms with van der Waals surface area (Å²) in [6.07, 6.45) is 3.56. The van der Waals surface area contributed by atoms with Gasteiger partial charge in [0.2, 0.25) is 0 Å². The van der Waals surface area contributed by atoms with E-state index >= 15 is 0 Å². The van der Waals surface area contributed by atoms with Gasteiger partial charge in [-0.15, -0.1) is 0 Å². The number of epoxide rings is 2. The summed E-state index contributed by atoms with van der Waals surface area (Å²) in [4.78, 5) is 2.45. The highest BCUT2D eigenvalue weighted by atomic mass is 16.6. The Morgan fingerprint density at radius 2 is 1.83 bits per heavy atom. The van der Waals surface area contributed by atoms with Crippen LogP contribution in [0.5, 0.6) is 0 Å². The van der Waals surface area contributed by atoms with E-state index in [1.165, 1.54) is 17.7 Å². The lowest BCUT2D eigenvalue weighted by atomic mass is 9.82. The van der Waals surface area contributed by atoms with Gasteiger partial charge in [0, 0.05) is 18.8 Å². The van der Waals surface area contributed by atoms with Crippen molar-refractivity contribution >= 4 is 5.69 Å². The van der Waals surface area contributed by atoms with Crippen molar-refractivity contribution in [2.45, 2.75) is 71.2 Å². The van der Waals surface area contributed by atoms with Crippen molar-refractivity contribution in [3.63, 3.8) is 0 Å². The minimum absolute atomic E-state index is 0.240. The predicted octanol–water partition coefficient (Wildman–Crippen LogP) is 4.39. The van der Waals surface area contributed by atoms with Crippen LogP contribution < -0.4 is 4.90 Å². The first-order valence-electron chi connectivity index (χ1n) is 9.57. The molecule has 134 valence electrons. The first-order chi connectivity index (χ1) is 11.4. The van der Waals surface area contributed by atoms with Crippen molar-refractivity contribution in [1.29, 1.82) is 0 Å². The van der Waals surface area contributed by atoms with E-state index in [9.17, 15) is 0 Å². The van der Waals surface area contributed by atoms with E-state index in [-0.39, 0.29) is 5.41 Å². The van der Waals surface area contributed by atoms with Gasteiger partial charge in [0.25, 0.3) is 0 Å². The van der Waals surface area contributed by atoms with Gasteiger partial charge in [-0.3, -0.25) is 0 Å². The number of benzene rings is 1. The van der Waals surface area contributed by atoms with E-state index in [0.29, 0.717) is 24.2 Å². The molecule has 2 aliphatic heterocycles. The highest BCUT2D eigenvalue weighted by molar-refractivity contribution is 5.49. The fourth-order valence-electron chi connectivity index (χ4n) is 3.29. The molecular formula is C21H33NO2. The molecule has 0 N–H and O–H groups in total. The molecule has 4 unspecified atom stereocenters. The van der Waals surface area contributed by atoms with Crippen LogP contribution in [-0.4, -0.2) is 38.0 Å². The fraction of sp³-hybridized carbons (Fsp3) is 0.714. The van der Waals surface area contributed by atoms with Crippen molar-refractivity contribution in [2.75, 3.05) is 24.6 Å². The van der Waals surface area contributed by atoms with Crippen molar-refractivity contribution < 1.29 is 9.47 Å². The van der Waals surface area contributed by atoms with Gasteiger partial charge in [0.15, 0.2) is 0 Å². The van der Waals surface area contributed by atoms with E-state index < -0.39 is 0 Å². The molecule has 0 bridgehead atoms. The van der Waals surface area contributed by atoms with Crippen LogP contribution >= 0.6 is 0 Å². The number of hydrogen-bond acceptors (Lipinski definition) is 3. The molecule has 0 aromatic heterocycles. The molecule has 1 aromatic carbocycles. The fourth-order valence-corrected chi connectivity index (χ4v) is 3.29. The van der Waals surface area contributed by atoms with Gasteiger partial charge in [0.05, 0.1) is 18.8 Å². The Hall–Kier alpha value is -1.06. The summed E-state index contributed by atoms with van der Waals surface area (Å²) in [5, 5.41) is 0. The third-order valence-corrected chi connectivity index (χ3v) is 5.95.